The summed E-state index contributed by atoms with van der Waals surface area (Å²) in [6.07, 6.45) is 0. The minimum atomic E-state index is -0.748. The van der Waals surface area contributed by atoms with Crippen LogP contribution in [0.3, 0.4) is 0 Å². The lowest BCUT2D eigenvalue weighted by Gasteiger charge is -2.42. The van der Waals surface area contributed by atoms with Gasteiger partial charge in [0.2, 0.25) is 5.91 Å². The van der Waals surface area contributed by atoms with Crippen LogP contribution in [0.1, 0.15) is 33.3 Å². The Morgan fingerprint density at radius 1 is 1.29 bits per heavy atom. The van der Waals surface area contributed by atoms with Crippen LogP contribution in [0.25, 0.3) is 0 Å². The SMILES string of the molecule is CC(C)NCc1ccccc1N1CC(=O)NC(=O)C1(C)C. The summed E-state index contributed by atoms with van der Waals surface area (Å²) in [6, 6.07) is 8.27. The van der Waals surface area contributed by atoms with Crippen LogP contribution in [0.2, 0.25) is 0 Å². The van der Waals surface area contributed by atoms with Crippen LogP contribution < -0.4 is 15.5 Å². The van der Waals surface area contributed by atoms with Gasteiger partial charge in [-0.2, -0.15) is 0 Å². The Bertz CT molecular complexity index is 552. The van der Waals surface area contributed by atoms with E-state index < -0.39 is 5.54 Å². The molecule has 1 aliphatic heterocycles. The van der Waals surface area contributed by atoms with Crippen molar-refractivity contribution in [3.63, 3.8) is 0 Å². The Kier molecular flexibility index (Phi) is 4.32. The van der Waals surface area contributed by atoms with Gasteiger partial charge < -0.3 is 10.2 Å². The largest absolute Gasteiger partial charge is 0.348 e. The molecule has 0 radical (unpaired) electrons. The van der Waals surface area contributed by atoms with Crippen LogP contribution >= 0.6 is 0 Å². The van der Waals surface area contributed by atoms with Crippen LogP contribution in [0.4, 0.5) is 5.69 Å². The molecule has 0 atom stereocenters. The highest BCUT2D eigenvalue weighted by atomic mass is 16.2. The summed E-state index contributed by atoms with van der Waals surface area (Å²) in [4.78, 5) is 25.7. The second-order valence-corrected chi connectivity index (χ2v) is 6.19. The highest BCUT2D eigenvalue weighted by Gasteiger charge is 2.41. The molecule has 0 aromatic heterocycles. The lowest BCUT2D eigenvalue weighted by molar-refractivity contribution is -0.135. The topological polar surface area (TPSA) is 61.4 Å². The van der Waals surface area contributed by atoms with Gasteiger partial charge in [0.05, 0.1) is 6.54 Å². The molecule has 1 heterocycles. The van der Waals surface area contributed by atoms with Crippen molar-refractivity contribution in [1.82, 2.24) is 10.6 Å². The van der Waals surface area contributed by atoms with E-state index in [2.05, 4.69) is 24.5 Å². The molecular formula is C16H23N3O2. The maximum atomic E-state index is 12.1. The van der Waals surface area contributed by atoms with Gasteiger partial charge in [-0.1, -0.05) is 32.0 Å². The van der Waals surface area contributed by atoms with E-state index >= 15 is 0 Å². The molecule has 2 rings (SSSR count). The summed E-state index contributed by atoms with van der Waals surface area (Å²) in [7, 11) is 0. The fraction of sp³-hybridized carbons (Fsp3) is 0.500. The lowest BCUT2D eigenvalue weighted by Crippen LogP contribution is -2.64. The van der Waals surface area contributed by atoms with Gasteiger partial charge in [-0.15, -0.1) is 0 Å². The Labute approximate surface area is 125 Å². The molecule has 2 N–H and O–H groups in total. The van der Waals surface area contributed by atoms with E-state index in [0.29, 0.717) is 12.6 Å². The van der Waals surface area contributed by atoms with Crippen LogP contribution in [-0.2, 0) is 16.1 Å². The van der Waals surface area contributed by atoms with Gasteiger partial charge in [0.15, 0.2) is 0 Å². The zero-order valence-corrected chi connectivity index (χ0v) is 13.1. The molecule has 0 aliphatic carbocycles. The molecule has 21 heavy (non-hydrogen) atoms. The molecule has 114 valence electrons. The van der Waals surface area contributed by atoms with Crippen LogP contribution in [0, 0.1) is 0 Å². The van der Waals surface area contributed by atoms with Crippen molar-refractivity contribution in [3.8, 4) is 0 Å². The number of rotatable bonds is 4. The molecule has 0 unspecified atom stereocenters. The summed E-state index contributed by atoms with van der Waals surface area (Å²) >= 11 is 0. The molecule has 2 amide bonds. The Morgan fingerprint density at radius 3 is 2.62 bits per heavy atom. The van der Waals surface area contributed by atoms with Gasteiger partial charge in [-0.3, -0.25) is 14.9 Å². The lowest BCUT2D eigenvalue weighted by atomic mass is 9.96. The number of para-hydroxylation sites is 1. The minimum absolute atomic E-state index is 0.192. The normalized spacial score (nSPS) is 18.0. The standard InChI is InChI=1S/C16H23N3O2/c1-11(2)17-9-12-7-5-6-8-13(12)19-10-14(20)18-15(21)16(19,3)4/h5-8,11,17H,9-10H2,1-4H3,(H,18,20,21). The summed E-state index contributed by atoms with van der Waals surface area (Å²) in [5.74, 6) is -0.517. The third-order valence-electron chi connectivity index (χ3n) is 3.77. The predicted octanol–water partition coefficient (Wildman–Crippen LogP) is 1.43. The van der Waals surface area contributed by atoms with Crippen molar-refractivity contribution in [1.29, 1.82) is 0 Å². The number of amides is 2. The monoisotopic (exact) mass is 289 g/mol. The zero-order chi connectivity index (χ0) is 15.6. The number of nitrogens with zero attached hydrogens (tertiary/aromatic N) is 1. The van der Waals surface area contributed by atoms with Crippen molar-refractivity contribution in [2.24, 2.45) is 0 Å². The molecule has 0 bridgehead atoms. The average molecular weight is 289 g/mol. The molecule has 1 aromatic carbocycles. The van der Waals surface area contributed by atoms with Gasteiger partial charge in [0.25, 0.3) is 5.91 Å². The molecule has 1 saturated heterocycles. The minimum Gasteiger partial charge on any atom is -0.348 e. The molecule has 1 fully saturated rings. The van der Waals surface area contributed by atoms with Gasteiger partial charge in [0, 0.05) is 18.3 Å². The molecule has 0 spiro atoms. The van der Waals surface area contributed by atoms with Crippen molar-refractivity contribution in [2.75, 3.05) is 11.4 Å². The molecule has 1 aromatic rings. The number of nitrogens with one attached hydrogen (secondary N) is 2. The summed E-state index contributed by atoms with van der Waals surface area (Å²) < 4.78 is 0. The van der Waals surface area contributed by atoms with Gasteiger partial charge in [-0.25, -0.2) is 0 Å². The van der Waals surface area contributed by atoms with E-state index in [-0.39, 0.29) is 18.4 Å². The fourth-order valence-corrected chi connectivity index (χ4v) is 2.41. The Balaban J connectivity index is 2.35. The molecule has 5 nitrogen and oxygen atoms in total. The van der Waals surface area contributed by atoms with E-state index in [1.165, 1.54) is 0 Å². The highest BCUT2D eigenvalue weighted by Crippen LogP contribution is 2.29. The number of piperazine rings is 1. The van der Waals surface area contributed by atoms with E-state index in [0.717, 1.165) is 11.3 Å². The van der Waals surface area contributed by atoms with Gasteiger partial charge in [-0.05, 0) is 25.5 Å². The van der Waals surface area contributed by atoms with E-state index in [9.17, 15) is 9.59 Å². The van der Waals surface area contributed by atoms with Crippen molar-refractivity contribution in [3.05, 3.63) is 29.8 Å². The molecule has 5 heteroatoms. The number of carbonyl (C=O) groups is 2. The average Bonchev–Trinajstić information content (AvgIpc) is 2.41. The Morgan fingerprint density at radius 2 is 1.95 bits per heavy atom. The summed E-state index contributed by atoms with van der Waals surface area (Å²) in [5, 5.41) is 5.78. The molecular weight excluding hydrogens is 266 g/mol. The van der Waals surface area contributed by atoms with Gasteiger partial charge >= 0.3 is 0 Å². The first-order chi connectivity index (χ1) is 9.82. The second-order valence-electron chi connectivity index (χ2n) is 6.19. The van der Waals surface area contributed by atoms with Crippen molar-refractivity contribution in [2.45, 2.75) is 45.8 Å². The third kappa shape index (κ3) is 3.24. The smallest absolute Gasteiger partial charge is 0.251 e. The fourth-order valence-electron chi connectivity index (χ4n) is 2.41. The number of anilines is 1. The predicted molar refractivity (Wildman–Crippen MR) is 83.0 cm³/mol. The van der Waals surface area contributed by atoms with Crippen molar-refractivity contribution < 1.29 is 9.59 Å². The third-order valence-corrected chi connectivity index (χ3v) is 3.77. The first kappa shape index (κ1) is 15.5. The van der Waals surface area contributed by atoms with Crippen LogP contribution in [0.15, 0.2) is 24.3 Å². The van der Waals surface area contributed by atoms with Crippen LogP contribution in [-0.4, -0.2) is 29.9 Å². The summed E-state index contributed by atoms with van der Waals surface area (Å²) in [6.45, 7) is 8.74. The maximum Gasteiger partial charge on any atom is 0.251 e. The number of carbonyl (C=O) groups excluding carboxylic acids is 2. The van der Waals surface area contributed by atoms with Crippen LogP contribution in [0.5, 0.6) is 0 Å². The van der Waals surface area contributed by atoms with Gasteiger partial charge in [0.1, 0.15) is 5.54 Å². The van der Waals surface area contributed by atoms with E-state index in [4.69, 9.17) is 0 Å². The zero-order valence-electron chi connectivity index (χ0n) is 13.1. The quantitative estimate of drug-likeness (QED) is 0.823. The number of imide groups is 1. The van der Waals surface area contributed by atoms with Crippen molar-refractivity contribution >= 4 is 17.5 Å². The van der Waals surface area contributed by atoms with E-state index in [1.54, 1.807) is 0 Å². The highest BCUT2D eigenvalue weighted by molar-refractivity contribution is 6.06. The Hall–Kier alpha value is -1.88. The second kappa shape index (κ2) is 5.85. The molecule has 1 aliphatic rings. The number of hydrogen-bond acceptors (Lipinski definition) is 4. The number of benzene rings is 1. The first-order valence-electron chi connectivity index (χ1n) is 7.25. The first-order valence-corrected chi connectivity index (χ1v) is 7.25. The molecule has 0 saturated carbocycles. The maximum absolute atomic E-state index is 12.1. The van der Waals surface area contributed by atoms with E-state index in [1.807, 2.05) is 43.0 Å². The number of hydrogen-bond donors (Lipinski definition) is 2. The summed E-state index contributed by atoms with van der Waals surface area (Å²) in [5.41, 5.74) is 1.27.